The Kier molecular flexibility index (Phi) is 6.83. The molecule has 0 fully saturated rings. The van der Waals surface area contributed by atoms with Gasteiger partial charge in [0.1, 0.15) is 11.4 Å². The van der Waals surface area contributed by atoms with Gasteiger partial charge >= 0.3 is 6.18 Å². The Hall–Kier alpha value is 0.460. The van der Waals surface area contributed by atoms with Gasteiger partial charge in [0.25, 0.3) is 0 Å². The average molecular weight is 494 g/mol. The van der Waals surface area contributed by atoms with Crippen molar-refractivity contribution in [3.63, 3.8) is 0 Å². The molecule has 0 atom stereocenters. The monoisotopic (exact) mass is 491 g/mol. The van der Waals surface area contributed by atoms with Crippen molar-refractivity contribution >= 4 is 65.1 Å². The third-order valence-corrected chi connectivity index (χ3v) is 5.83. The van der Waals surface area contributed by atoms with Gasteiger partial charge in [0.2, 0.25) is 10.0 Å². The van der Waals surface area contributed by atoms with Crippen molar-refractivity contribution in [2.24, 2.45) is 0 Å². The molecule has 1 aromatic carbocycles. The van der Waals surface area contributed by atoms with Crippen LogP contribution in [0.1, 0.15) is 0 Å². The Bertz CT molecular complexity index is 602. The molecule has 0 aromatic heterocycles. The molecule has 0 unspecified atom stereocenters. The predicted octanol–water partition coefficient (Wildman–Crippen LogP) is 4.70. The van der Waals surface area contributed by atoms with E-state index in [0.717, 1.165) is 0 Å². The van der Waals surface area contributed by atoms with E-state index in [9.17, 15) is 21.6 Å². The third-order valence-electron chi connectivity index (χ3n) is 2.25. The van der Waals surface area contributed by atoms with Crippen LogP contribution in [-0.4, -0.2) is 37.3 Å². The molecule has 120 valence electrons. The normalized spacial score (nSPS) is 13.0. The van der Waals surface area contributed by atoms with E-state index in [4.69, 9.17) is 23.2 Å². The first kappa shape index (κ1) is 19.5. The van der Waals surface area contributed by atoms with Crippen molar-refractivity contribution in [3.8, 4) is 0 Å². The second-order valence-corrected chi connectivity index (χ2v) is 8.24. The van der Waals surface area contributed by atoms with Crippen LogP contribution in [0.4, 0.5) is 13.2 Å². The summed E-state index contributed by atoms with van der Waals surface area (Å²) in [4.78, 5) is -0.542. The largest absolute Gasteiger partial charge is 0.402 e. The molecule has 0 aliphatic rings. The van der Waals surface area contributed by atoms with E-state index >= 15 is 0 Å². The summed E-state index contributed by atoms with van der Waals surface area (Å²) in [7, 11) is -4.48. The molecule has 0 amide bonds. The molecule has 0 aliphatic carbocycles. The van der Waals surface area contributed by atoms with Crippen LogP contribution >= 0.6 is 55.1 Å². The number of hydrogen-bond donors (Lipinski definition) is 0. The number of nitrogens with zero attached hydrogens (tertiary/aromatic N) is 1. The SMILES string of the molecule is O=S(=O)(c1c(Cl)cc(Br)cc1Cl)N(CCBr)CC(F)(F)F. The van der Waals surface area contributed by atoms with Crippen LogP contribution in [-0.2, 0) is 10.0 Å². The van der Waals surface area contributed by atoms with Crippen molar-refractivity contribution in [2.75, 3.05) is 18.4 Å². The quantitative estimate of drug-likeness (QED) is 0.557. The van der Waals surface area contributed by atoms with Gasteiger partial charge in [0.05, 0.1) is 10.0 Å². The molecular weight excluding hydrogens is 486 g/mol. The summed E-state index contributed by atoms with van der Waals surface area (Å²) in [5, 5.41) is -0.471. The molecule has 0 saturated heterocycles. The van der Waals surface area contributed by atoms with Crippen LogP contribution in [0, 0.1) is 0 Å². The molecule has 0 N–H and O–H groups in total. The molecule has 0 aliphatic heterocycles. The predicted molar refractivity (Wildman–Crippen MR) is 82.8 cm³/mol. The van der Waals surface area contributed by atoms with Gasteiger partial charge in [-0.1, -0.05) is 55.1 Å². The van der Waals surface area contributed by atoms with E-state index < -0.39 is 27.6 Å². The number of sulfonamides is 1. The molecule has 1 rings (SSSR count). The zero-order chi connectivity index (χ0) is 16.4. The van der Waals surface area contributed by atoms with Crippen molar-refractivity contribution < 1.29 is 21.6 Å². The van der Waals surface area contributed by atoms with E-state index in [0.29, 0.717) is 4.47 Å². The summed E-state index contributed by atoms with van der Waals surface area (Å²) < 4.78 is 63.1. The van der Waals surface area contributed by atoms with Crippen molar-refractivity contribution in [2.45, 2.75) is 11.1 Å². The van der Waals surface area contributed by atoms with Crippen LogP contribution in [0.25, 0.3) is 0 Å². The molecular formula is C10H8Br2Cl2F3NO2S. The van der Waals surface area contributed by atoms with E-state index in [-0.39, 0.29) is 26.2 Å². The summed E-state index contributed by atoms with van der Waals surface area (Å²) in [6.45, 7) is -1.99. The van der Waals surface area contributed by atoms with Crippen LogP contribution in [0.3, 0.4) is 0 Å². The van der Waals surface area contributed by atoms with Crippen molar-refractivity contribution in [1.82, 2.24) is 4.31 Å². The minimum Gasteiger partial charge on any atom is -0.207 e. The zero-order valence-corrected chi connectivity index (χ0v) is 15.6. The fourth-order valence-corrected chi connectivity index (χ4v) is 5.46. The third kappa shape index (κ3) is 5.24. The number of rotatable bonds is 5. The highest BCUT2D eigenvalue weighted by Gasteiger charge is 2.38. The summed E-state index contributed by atoms with van der Waals surface area (Å²) >= 11 is 17.6. The van der Waals surface area contributed by atoms with Gasteiger partial charge in [-0.15, -0.1) is 0 Å². The highest BCUT2D eigenvalue weighted by molar-refractivity contribution is 9.10. The number of hydrogen-bond acceptors (Lipinski definition) is 2. The van der Waals surface area contributed by atoms with Gasteiger partial charge in [0.15, 0.2) is 0 Å². The van der Waals surface area contributed by atoms with E-state index in [1.165, 1.54) is 12.1 Å². The highest BCUT2D eigenvalue weighted by Crippen LogP contribution is 2.35. The average Bonchev–Trinajstić information content (AvgIpc) is 2.24. The number of alkyl halides is 4. The lowest BCUT2D eigenvalue weighted by molar-refractivity contribution is -0.135. The van der Waals surface area contributed by atoms with Gasteiger partial charge in [-0.25, -0.2) is 8.42 Å². The first-order valence-electron chi connectivity index (χ1n) is 5.26. The van der Waals surface area contributed by atoms with Crippen LogP contribution in [0.5, 0.6) is 0 Å². The lowest BCUT2D eigenvalue weighted by atomic mass is 10.4. The van der Waals surface area contributed by atoms with Gasteiger partial charge in [-0.3, -0.25) is 0 Å². The second kappa shape index (κ2) is 7.35. The van der Waals surface area contributed by atoms with E-state index in [2.05, 4.69) is 31.9 Å². The lowest BCUT2D eigenvalue weighted by Crippen LogP contribution is -2.40. The Morgan fingerprint density at radius 1 is 1.19 bits per heavy atom. The smallest absolute Gasteiger partial charge is 0.207 e. The Morgan fingerprint density at radius 3 is 2.05 bits per heavy atom. The Morgan fingerprint density at radius 2 is 1.67 bits per heavy atom. The summed E-state index contributed by atoms with van der Waals surface area (Å²) in [5.41, 5.74) is 0. The summed E-state index contributed by atoms with van der Waals surface area (Å²) in [5.74, 6) is 0. The van der Waals surface area contributed by atoms with Crippen LogP contribution in [0.15, 0.2) is 21.5 Å². The summed E-state index contributed by atoms with van der Waals surface area (Å²) in [6, 6.07) is 2.50. The number of halogens is 7. The molecule has 0 bridgehead atoms. The molecule has 0 radical (unpaired) electrons. The molecule has 3 nitrogen and oxygen atoms in total. The van der Waals surface area contributed by atoms with Crippen LogP contribution in [0.2, 0.25) is 10.0 Å². The first-order chi connectivity index (χ1) is 9.49. The van der Waals surface area contributed by atoms with Crippen molar-refractivity contribution in [3.05, 3.63) is 26.7 Å². The van der Waals surface area contributed by atoms with Gasteiger partial charge in [-0.05, 0) is 12.1 Å². The van der Waals surface area contributed by atoms with E-state index in [1.807, 2.05) is 0 Å². The minimum absolute atomic E-state index is 0.0358. The molecule has 0 spiro atoms. The van der Waals surface area contributed by atoms with Gasteiger partial charge in [-0.2, -0.15) is 17.5 Å². The summed E-state index contributed by atoms with van der Waals surface area (Å²) in [6.07, 6.45) is -4.68. The zero-order valence-electron chi connectivity index (χ0n) is 10.1. The Labute approximate surface area is 146 Å². The number of benzene rings is 1. The first-order valence-corrected chi connectivity index (χ1v) is 9.37. The fraction of sp³-hybridized carbons (Fsp3) is 0.400. The molecule has 0 saturated carbocycles. The second-order valence-electron chi connectivity index (χ2n) is 3.84. The molecule has 11 heteroatoms. The van der Waals surface area contributed by atoms with Gasteiger partial charge < -0.3 is 0 Å². The van der Waals surface area contributed by atoms with Gasteiger partial charge in [0, 0.05) is 16.3 Å². The Balaban J connectivity index is 3.36. The van der Waals surface area contributed by atoms with Crippen LogP contribution < -0.4 is 0 Å². The maximum atomic E-state index is 12.5. The molecule has 21 heavy (non-hydrogen) atoms. The minimum atomic E-state index is -4.68. The molecule has 1 aromatic rings. The fourth-order valence-electron chi connectivity index (χ4n) is 1.48. The maximum absolute atomic E-state index is 12.5. The standard InChI is InChI=1S/C10H8Br2Cl2F3NO2S/c11-1-2-18(5-10(15,16)17)21(19,20)9-7(13)3-6(12)4-8(9)14/h3-4H,1-2,5H2. The maximum Gasteiger partial charge on any atom is 0.402 e. The van der Waals surface area contributed by atoms with Crippen molar-refractivity contribution in [1.29, 1.82) is 0 Å². The molecule has 0 heterocycles. The lowest BCUT2D eigenvalue weighted by Gasteiger charge is -2.23. The highest BCUT2D eigenvalue weighted by atomic mass is 79.9. The topological polar surface area (TPSA) is 37.4 Å². The van der Waals surface area contributed by atoms with E-state index in [1.54, 1.807) is 0 Å².